The van der Waals surface area contributed by atoms with Gasteiger partial charge in [0.25, 0.3) is 0 Å². The molecule has 0 amide bonds. The fourth-order valence-corrected chi connectivity index (χ4v) is 3.32. The second kappa shape index (κ2) is 10.4. The minimum atomic E-state index is -0.487. The van der Waals surface area contributed by atoms with Gasteiger partial charge >= 0.3 is 11.9 Å². The molecule has 5 heteroatoms. The number of ketones is 1. The summed E-state index contributed by atoms with van der Waals surface area (Å²) in [6, 6.07) is 0. The average molecular weight is 397 g/mol. The minimum absolute atomic E-state index is 0.0736. The van der Waals surface area contributed by atoms with Gasteiger partial charge in [0, 0.05) is 12.8 Å². The van der Waals surface area contributed by atoms with Gasteiger partial charge in [-0.15, -0.1) is 0 Å². The third kappa shape index (κ3) is 8.74. The first-order chi connectivity index (χ1) is 12.9. The van der Waals surface area contributed by atoms with Crippen molar-refractivity contribution in [3.8, 4) is 0 Å². The highest BCUT2D eigenvalue weighted by molar-refractivity contribution is 5.80. The van der Waals surface area contributed by atoms with Crippen LogP contribution in [0, 0.1) is 10.8 Å². The number of ether oxygens (including phenoxy) is 2. The monoisotopic (exact) mass is 396 g/mol. The fourth-order valence-electron chi connectivity index (χ4n) is 3.32. The van der Waals surface area contributed by atoms with Gasteiger partial charge in [-0.25, -0.2) is 0 Å². The lowest BCUT2D eigenvalue weighted by molar-refractivity contribution is -0.162. The summed E-state index contributed by atoms with van der Waals surface area (Å²) < 4.78 is 10.6. The number of carbonyl (C=O) groups is 3. The Bertz CT molecular complexity index is 538. The highest BCUT2D eigenvalue weighted by Gasteiger charge is 2.51. The van der Waals surface area contributed by atoms with Crippen molar-refractivity contribution in [3.05, 3.63) is 0 Å². The molecule has 1 fully saturated rings. The maximum Gasteiger partial charge on any atom is 0.312 e. The Morgan fingerprint density at radius 1 is 0.893 bits per heavy atom. The molecule has 0 aromatic heterocycles. The van der Waals surface area contributed by atoms with Crippen LogP contribution < -0.4 is 0 Å². The third-order valence-corrected chi connectivity index (χ3v) is 5.38. The first-order valence-electron chi connectivity index (χ1n) is 10.8. The number of esters is 2. The Morgan fingerprint density at radius 3 is 1.96 bits per heavy atom. The van der Waals surface area contributed by atoms with Crippen LogP contribution in [0.5, 0.6) is 0 Å². The molecule has 1 aliphatic carbocycles. The molecule has 0 saturated heterocycles. The molecule has 0 aromatic carbocycles. The van der Waals surface area contributed by atoms with E-state index in [0.717, 1.165) is 51.4 Å². The summed E-state index contributed by atoms with van der Waals surface area (Å²) in [6.45, 7) is 11.7. The van der Waals surface area contributed by atoms with Crippen molar-refractivity contribution in [2.24, 2.45) is 10.8 Å². The zero-order chi connectivity index (χ0) is 21.4. The molecule has 5 nitrogen and oxygen atoms in total. The molecular weight excluding hydrogens is 356 g/mol. The lowest BCUT2D eigenvalue weighted by Crippen LogP contribution is -2.29. The van der Waals surface area contributed by atoms with Crippen molar-refractivity contribution in [2.75, 3.05) is 6.61 Å². The maximum atomic E-state index is 12.3. The van der Waals surface area contributed by atoms with Gasteiger partial charge in [-0.1, -0.05) is 12.8 Å². The van der Waals surface area contributed by atoms with E-state index >= 15 is 0 Å². The van der Waals surface area contributed by atoms with Crippen LogP contribution in [0.3, 0.4) is 0 Å². The Morgan fingerprint density at radius 2 is 1.46 bits per heavy atom. The Hall–Kier alpha value is -1.39. The highest BCUT2D eigenvalue weighted by Crippen LogP contribution is 2.51. The van der Waals surface area contributed by atoms with Gasteiger partial charge in [0.05, 0.1) is 17.4 Å². The summed E-state index contributed by atoms with van der Waals surface area (Å²) >= 11 is 0. The van der Waals surface area contributed by atoms with Crippen LogP contribution in [0.25, 0.3) is 0 Å². The summed E-state index contributed by atoms with van der Waals surface area (Å²) in [6.07, 6.45) is 7.89. The number of hydrogen-bond donors (Lipinski definition) is 0. The van der Waals surface area contributed by atoms with Crippen LogP contribution in [-0.4, -0.2) is 29.9 Å². The summed E-state index contributed by atoms with van der Waals surface area (Å²) in [5.74, 6) is 0.0342. The van der Waals surface area contributed by atoms with Crippen molar-refractivity contribution in [1.82, 2.24) is 0 Å². The topological polar surface area (TPSA) is 69.7 Å². The molecule has 1 rings (SSSR count). The Labute approximate surface area is 170 Å². The number of Topliss-reactive ketones (excluding diaryl/α,β-unsaturated/α-hetero) is 1. The van der Waals surface area contributed by atoms with E-state index in [1.165, 1.54) is 0 Å². The maximum absolute atomic E-state index is 12.3. The van der Waals surface area contributed by atoms with E-state index < -0.39 is 11.0 Å². The number of unbranched alkanes of at least 4 members (excludes halogenated alkanes) is 2. The van der Waals surface area contributed by atoms with Gasteiger partial charge in [-0.3, -0.25) is 14.4 Å². The molecule has 0 N–H and O–H groups in total. The van der Waals surface area contributed by atoms with Crippen molar-refractivity contribution in [2.45, 2.75) is 111 Å². The minimum Gasteiger partial charge on any atom is -0.466 e. The standard InChI is InChI=1S/C23H40O5/c1-7-27-19(25)22(5,6)14-10-8-12-18(24)13-9-11-15-23(16-17-23)20(26)28-21(2,3)4/h7-17H2,1-6H3. The van der Waals surface area contributed by atoms with E-state index in [1.807, 2.05) is 41.5 Å². The Balaban J connectivity index is 2.16. The molecule has 0 unspecified atom stereocenters. The van der Waals surface area contributed by atoms with Gasteiger partial charge in [0.2, 0.25) is 0 Å². The zero-order valence-electron chi connectivity index (χ0n) is 18.8. The molecule has 0 atom stereocenters. The summed E-state index contributed by atoms with van der Waals surface area (Å²) in [5, 5.41) is 0. The molecule has 0 aromatic rings. The first-order valence-corrected chi connectivity index (χ1v) is 10.8. The second-order valence-electron chi connectivity index (χ2n) is 9.84. The van der Waals surface area contributed by atoms with Crippen LogP contribution in [-0.2, 0) is 23.9 Å². The summed E-state index contributed by atoms with van der Waals surface area (Å²) in [4.78, 5) is 36.2. The van der Waals surface area contributed by atoms with E-state index in [0.29, 0.717) is 19.4 Å². The van der Waals surface area contributed by atoms with Crippen LogP contribution in [0.2, 0.25) is 0 Å². The normalized spacial score (nSPS) is 15.8. The summed E-state index contributed by atoms with van der Waals surface area (Å²) in [7, 11) is 0. The molecule has 28 heavy (non-hydrogen) atoms. The Kier molecular flexibility index (Phi) is 9.16. The molecule has 0 bridgehead atoms. The third-order valence-electron chi connectivity index (χ3n) is 5.38. The van der Waals surface area contributed by atoms with E-state index in [2.05, 4.69) is 0 Å². The van der Waals surface area contributed by atoms with Gasteiger partial charge in [-0.05, 0) is 80.1 Å². The largest absolute Gasteiger partial charge is 0.466 e. The predicted molar refractivity (Wildman–Crippen MR) is 110 cm³/mol. The number of hydrogen-bond acceptors (Lipinski definition) is 5. The second-order valence-corrected chi connectivity index (χ2v) is 9.84. The lowest BCUT2D eigenvalue weighted by Gasteiger charge is -2.23. The van der Waals surface area contributed by atoms with E-state index in [9.17, 15) is 14.4 Å². The molecule has 0 radical (unpaired) electrons. The van der Waals surface area contributed by atoms with Crippen molar-refractivity contribution < 1.29 is 23.9 Å². The van der Waals surface area contributed by atoms with Gasteiger partial charge in [-0.2, -0.15) is 0 Å². The molecule has 0 aliphatic heterocycles. The molecule has 1 aliphatic rings. The van der Waals surface area contributed by atoms with Crippen LogP contribution in [0.1, 0.15) is 106 Å². The van der Waals surface area contributed by atoms with Crippen molar-refractivity contribution >= 4 is 17.7 Å². The van der Waals surface area contributed by atoms with Crippen molar-refractivity contribution in [1.29, 1.82) is 0 Å². The van der Waals surface area contributed by atoms with Crippen molar-refractivity contribution in [3.63, 3.8) is 0 Å². The van der Waals surface area contributed by atoms with E-state index in [4.69, 9.17) is 9.47 Å². The van der Waals surface area contributed by atoms with Gasteiger partial charge in [0.1, 0.15) is 11.4 Å². The first kappa shape index (κ1) is 24.6. The smallest absolute Gasteiger partial charge is 0.312 e. The van der Waals surface area contributed by atoms with Crippen LogP contribution in [0.4, 0.5) is 0 Å². The summed E-state index contributed by atoms with van der Waals surface area (Å²) in [5.41, 5.74) is -1.21. The molecule has 162 valence electrons. The molecule has 0 heterocycles. The molecule has 0 spiro atoms. The number of carbonyl (C=O) groups excluding carboxylic acids is 3. The molecule has 1 saturated carbocycles. The average Bonchev–Trinajstić information content (AvgIpc) is 3.35. The zero-order valence-corrected chi connectivity index (χ0v) is 18.8. The quantitative estimate of drug-likeness (QED) is 0.308. The highest BCUT2D eigenvalue weighted by atomic mass is 16.6. The van der Waals surface area contributed by atoms with Crippen LogP contribution >= 0.6 is 0 Å². The predicted octanol–water partition coefficient (Wildman–Crippen LogP) is 5.39. The fraction of sp³-hybridized carbons (Fsp3) is 0.870. The van der Waals surface area contributed by atoms with Gasteiger partial charge in [0.15, 0.2) is 0 Å². The van der Waals surface area contributed by atoms with E-state index in [1.54, 1.807) is 0 Å². The van der Waals surface area contributed by atoms with E-state index in [-0.39, 0.29) is 23.1 Å². The molecular formula is C23H40O5. The lowest BCUT2D eigenvalue weighted by atomic mass is 9.87. The number of rotatable bonds is 13. The SMILES string of the molecule is CCOC(=O)C(C)(C)CCCCC(=O)CCCCC1(C(=O)OC(C)(C)C)CC1. The van der Waals surface area contributed by atoms with Crippen LogP contribution in [0.15, 0.2) is 0 Å². The van der Waals surface area contributed by atoms with Gasteiger partial charge < -0.3 is 9.47 Å².